The fraction of sp³-hybridized carbons (Fsp3) is 0.294. The number of nitrogens with two attached hydrogens (primary N) is 1. The van der Waals surface area contributed by atoms with Crippen molar-refractivity contribution in [2.24, 2.45) is 0 Å². The van der Waals surface area contributed by atoms with Crippen LogP contribution in [-0.2, 0) is 6.54 Å². The summed E-state index contributed by atoms with van der Waals surface area (Å²) in [4.78, 5) is 0. The molecule has 2 rings (SSSR count). The van der Waals surface area contributed by atoms with Crippen LogP contribution in [0.1, 0.15) is 19.4 Å². The highest BCUT2D eigenvalue weighted by atomic mass is 16.5. The predicted octanol–water partition coefficient (Wildman–Crippen LogP) is 3.68. The second-order valence-electron chi connectivity index (χ2n) is 4.62. The molecule has 0 atom stereocenters. The van der Waals surface area contributed by atoms with Crippen LogP contribution in [0.15, 0.2) is 42.5 Å². The minimum atomic E-state index is 0.613. The molecule has 0 radical (unpaired) electrons. The number of benzene rings is 2. The van der Waals surface area contributed by atoms with E-state index in [1.807, 2.05) is 56.3 Å². The number of ether oxygens (including phenoxy) is 2. The van der Waals surface area contributed by atoms with Gasteiger partial charge in [-0.1, -0.05) is 12.1 Å². The summed E-state index contributed by atoms with van der Waals surface area (Å²) in [6, 6.07) is 13.7. The molecule has 0 fully saturated rings. The van der Waals surface area contributed by atoms with Crippen LogP contribution in [0.2, 0.25) is 0 Å². The minimum absolute atomic E-state index is 0.613. The molecule has 0 heterocycles. The van der Waals surface area contributed by atoms with Crippen molar-refractivity contribution in [1.29, 1.82) is 0 Å². The van der Waals surface area contributed by atoms with E-state index in [2.05, 4.69) is 5.32 Å². The van der Waals surface area contributed by atoms with Crippen molar-refractivity contribution in [2.45, 2.75) is 20.4 Å². The Kier molecular flexibility index (Phi) is 5.32. The first-order valence-corrected chi connectivity index (χ1v) is 7.20. The molecule has 0 aliphatic rings. The molecule has 21 heavy (non-hydrogen) atoms. The van der Waals surface area contributed by atoms with Crippen LogP contribution in [0, 0.1) is 0 Å². The second-order valence-corrected chi connectivity index (χ2v) is 4.62. The molecule has 0 aliphatic heterocycles. The predicted molar refractivity (Wildman–Crippen MR) is 87.0 cm³/mol. The van der Waals surface area contributed by atoms with E-state index in [4.69, 9.17) is 15.2 Å². The van der Waals surface area contributed by atoms with Gasteiger partial charge in [0.25, 0.3) is 0 Å². The molecule has 0 aliphatic carbocycles. The van der Waals surface area contributed by atoms with Crippen molar-refractivity contribution in [2.75, 3.05) is 24.3 Å². The number of anilines is 2. The van der Waals surface area contributed by atoms with Crippen LogP contribution in [0.25, 0.3) is 0 Å². The molecule has 3 N–H and O–H groups in total. The van der Waals surface area contributed by atoms with Gasteiger partial charge in [-0.25, -0.2) is 0 Å². The van der Waals surface area contributed by atoms with E-state index >= 15 is 0 Å². The smallest absolute Gasteiger partial charge is 0.163 e. The summed E-state index contributed by atoms with van der Waals surface area (Å²) in [7, 11) is 0. The molecule has 0 saturated carbocycles. The van der Waals surface area contributed by atoms with E-state index in [0.29, 0.717) is 13.2 Å². The molecule has 4 heteroatoms. The van der Waals surface area contributed by atoms with Gasteiger partial charge in [-0.05, 0) is 43.7 Å². The summed E-state index contributed by atoms with van der Waals surface area (Å²) in [5, 5.41) is 3.37. The first-order valence-electron chi connectivity index (χ1n) is 7.20. The molecule has 0 saturated heterocycles. The van der Waals surface area contributed by atoms with Gasteiger partial charge in [0.15, 0.2) is 11.5 Å². The van der Waals surface area contributed by atoms with Crippen LogP contribution >= 0.6 is 0 Å². The van der Waals surface area contributed by atoms with Crippen LogP contribution in [0.4, 0.5) is 11.4 Å². The maximum Gasteiger partial charge on any atom is 0.163 e. The van der Waals surface area contributed by atoms with E-state index in [0.717, 1.165) is 29.4 Å². The molecule has 0 unspecified atom stereocenters. The Bertz CT molecular complexity index is 568. The standard InChI is InChI=1S/C17H22N2O2/c1-3-20-16-10-9-15(11-17(16)21-4-2)19-12-13-5-7-14(18)8-6-13/h5-11,19H,3-4,12,18H2,1-2H3. The van der Waals surface area contributed by atoms with Gasteiger partial charge in [0.1, 0.15) is 0 Å². The molecular weight excluding hydrogens is 264 g/mol. The van der Waals surface area contributed by atoms with E-state index in [1.54, 1.807) is 0 Å². The average Bonchev–Trinajstić information content (AvgIpc) is 2.49. The highest BCUT2D eigenvalue weighted by Crippen LogP contribution is 2.30. The highest BCUT2D eigenvalue weighted by molar-refractivity contribution is 5.55. The number of rotatable bonds is 7. The van der Waals surface area contributed by atoms with Gasteiger partial charge in [-0.3, -0.25) is 0 Å². The lowest BCUT2D eigenvalue weighted by molar-refractivity contribution is 0.288. The molecule has 112 valence electrons. The van der Waals surface area contributed by atoms with Gasteiger partial charge in [-0.15, -0.1) is 0 Å². The van der Waals surface area contributed by atoms with Crippen LogP contribution in [0.3, 0.4) is 0 Å². The second kappa shape index (κ2) is 7.43. The van der Waals surface area contributed by atoms with Gasteiger partial charge < -0.3 is 20.5 Å². The molecule has 0 aromatic heterocycles. The number of hydrogen-bond acceptors (Lipinski definition) is 4. The minimum Gasteiger partial charge on any atom is -0.490 e. The van der Waals surface area contributed by atoms with Gasteiger partial charge >= 0.3 is 0 Å². The number of hydrogen-bond donors (Lipinski definition) is 2. The largest absolute Gasteiger partial charge is 0.490 e. The first-order chi connectivity index (χ1) is 10.2. The summed E-state index contributed by atoms with van der Waals surface area (Å²) in [5.74, 6) is 1.54. The summed E-state index contributed by atoms with van der Waals surface area (Å²) in [5.41, 5.74) is 8.63. The Balaban J connectivity index is 2.05. The van der Waals surface area contributed by atoms with Crippen LogP contribution < -0.4 is 20.5 Å². The quantitative estimate of drug-likeness (QED) is 0.762. The Labute approximate surface area is 125 Å². The Hall–Kier alpha value is -2.36. The van der Waals surface area contributed by atoms with Crippen molar-refractivity contribution in [3.05, 3.63) is 48.0 Å². The lowest BCUT2D eigenvalue weighted by Crippen LogP contribution is -2.02. The van der Waals surface area contributed by atoms with E-state index in [1.165, 1.54) is 5.56 Å². The van der Waals surface area contributed by atoms with Crippen molar-refractivity contribution < 1.29 is 9.47 Å². The Morgan fingerprint density at radius 3 is 2.24 bits per heavy atom. The van der Waals surface area contributed by atoms with E-state index in [9.17, 15) is 0 Å². The van der Waals surface area contributed by atoms with Crippen molar-refractivity contribution in [3.8, 4) is 11.5 Å². The fourth-order valence-corrected chi connectivity index (χ4v) is 2.00. The van der Waals surface area contributed by atoms with Crippen LogP contribution in [0.5, 0.6) is 11.5 Å². The van der Waals surface area contributed by atoms with Crippen molar-refractivity contribution in [1.82, 2.24) is 0 Å². The zero-order chi connectivity index (χ0) is 15.1. The molecule has 2 aromatic carbocycles. The lowest BCUT2D eigenvalue weighted by Gasteiger charge is -2.13. The zero-order valence-corrected chi connectivity index (χ0v) is 12.6. The molecule has 2 aromatic rings. The monoisotopic (exact) mass is 286 g/mol. The molecule has 4 nitrogen and oxygen atoms in total. The van der Waals surface area contributed by atoms with Gasteiger partial charge in [0, 0.05) is 24.0 Å². The third-order valence-corrected chi connectivity index (χ3v) is 3.02. The third-order valence-electron chi connectivity index (χ3n) is 3.02. The van der Waals surface area contributed by atoms with Gasteiger partial charge in [-0.2, -0.15) is 0 Å². The van der Waals surface area contributed by atoms with Gasteiger partial charge in [0.2, 0.25) is 0 Å². The third kappa shape index (κ3) is 4.31. The number of nitrogens with one attached hydrogen (secondary N) is 1. The number of nitrogen functional groups attached to an aromatic ring is 1. The van der Waals surface area contributed by atoms with Crippen LogP contribution in [-0.4, -0.2) is 13.2 Å². The van der Waals surface area contributed by atoms with E-state index in [-0.39, 0.29) is 0 Å². The summed E-state index contributed by atoms with van der Waals surface area (Å²) in [6.45, 7) is 5.90. The molecule has 0 amide bonds. The molecule has 0 bridgehead atoms. The summed E-state index contributed by atoms with van der Waals surface area (Å²) in [6.07, 6.45) is 0. The molecular formula is C17H22N2O2. The molecule has 0 spiro atoms. The maximum atomic E-state index is 5.68. The Morgan fingerprint density at radius 2 is 1.57 bits per heavy atom. The average molecular weight is 286 g/mol. The topological polar surface area (TPSA) is 56.5 Å². The zero-order valence-electron chi connectivity index (χ0n) is 12.6. The first kappa shape index (κ1) is 15.0. The summed E-state index contributed by atoms with van der Waals surface area (Å²) < 4.78 is 11.2. The SMILES string of the molecule is CCOc1ccc(NCc2ccc(N)cc2)cc1OCC. The van der Waals surface area contributed by atoms with E-state index < -0.39 is 0 Å². The lowest BCUT2D eigenvalue weighted by atomic mass is 10.2. The van der Waals surface area contributed by atoms with Crippen molar-refractivity contribution >= 4 is 11.4 Å². The summed E-state index contributed by atoms with van der Waals surface area (Å²) >= 11 is 0. The normalized spacial score (nSPS) is 10.2. The highest BCUT2D eigenvalue weighted by Gasteiger charge is 2.06. The Morgan fingerprint density at radius 1 is 0.905 bits per heavy atom. The maximum absolute atomic E-state index is 5.68. The fourth-order valence-electron chi connectivity index (χ4n) is 2.00. The van der Waals surface area contributed by atoms with Crippen molar-refractivity contribution in [3.63, 3.8) is 0 Å². The van der Waals surface area contributed by atoms with Gasteiger partial charge in [0.05, 0.1) is 13.2 Å².